The molecule has 0 bridgehead atoms. The second-order valence-electron chi connectivity index (χ2n) is 3.88. The van der Waals surface area contributed by atoms with Crippen molar-refractivity contribution >= 4 is 29.8 Å². The lowest BCUT2D eigenvalue weighted by atomic mass is 10.1. The summed E-state index contributed by atoms with van der Waals surface area (Å²) < 4.78 is 0. The lowest BCUT2D eigenvalue weighted by molar-refractivity contribution is 0.478. The van der Waals surface area contributed by atoms with Gasteiger partial charge in [0.15, 0.2) is 5.82 Å². The Labute approximate surface area is 107 Å². The highest BCUT2D eigenvalue weighted by Crippen LogP contribution is 2.22. The third kappa shape index (κ3) is 3.20. The Hall–Kier alpha value is -0.580. The monoisotopic (exact) mass is 262 g/mol. The Morgan fingerprint density at radius 2 is 2.38 bits per heavy atom. The highest BCUT2D eigenvalue weighted by atomic mass is 35.5. The van der Waals surface area contributed by atoms with Crippen molar-refractivity contribution in [1.29, 1.82) is 0 Å². The van der Waals surface area contributed by atoms with Crippen molar-refractivity contribution in [3.8, 4) is 0 Å². The summed E-state index contributed by atoms with van der Waals surface area (Å²) in [7, 11) is 0. The summed E-state index contributed by atoms with van der Waals surface area (Å²) >= 11 is 6.13. The Kier molecular flexibility index (Phi) is 5.25. The van der Waals surface area contributed by atoms with E-state index in [9.17, 15) is 0 Å². The molecule has 1 fully saturated rings. The van der Waals surface area contributed by atoms with Gasteiger partial charge in [-0.2, -0.15) is 5.10 Å². The largest absolute Gasteiger partial charge is 0.363 e. The van der Waals surface area contributed by atoms with E-state index >= 15 is 0 Å². The summed E-state index contributed by atoms with van der Waals surface area (Å²) in [4.78, 5) is 0. The summed E-state index contributed by atoms with van der Waals surface area (Å²) in [5, 5.41) is 15.2. The van der Waals surface area contributed by atoms with E-state index in [4.69, 9.17) is 11.6 Å². The van der Waals surface area contributed by atoms with Crippen molar-refractivity contribution in [1.82, 2.24) is 15.5 Å². The number of hydrogen-bond acceptors (Lipinski definition) is 4. The van der Waals surface area contributed by atoms with Crippen molar-refractivity contribution in [3.63, 3.8) is 0 Å². The first-order valence-electron chi connectivity index (χ1n) is 5.22. The van der Waals surface area contributed by atoms with Crippen LogP contribution in [0.5, 0.6) is 0 Å². The summed E-state index contributed by atoms with van der Waals surface area (Å²) in [5.41, 5.74) is 0.956. The average Bonchev–Trinajstić information content (AvgIpc) is 2.26. The van der Waals surface area contributed by atoms with Crippen LogP contribution in [0.25, 0.3) is 0 Å². The van der Waals surface area contributed by atoms with Gasteiger partial charge in [-0.1, -0.05) is 11.6 Å². The number of halogens is 2. The molecule has 4 nitrogen and oxygen atoms in total. The van der Waals surface area contributed by atoms with Crippen LogP contribution in [-0.2, 0) is 0 Å². The minimum Gasteiger partial charge on any atom is -0.363 e. The standard InChI is InChI=1S/C10H15ClN4.ClH/c1-7-5-13-15-10(9(7)11)14-8-3-2-4-12-6-8;/h5,8,12H,2-4,6H2,1H3,(H,14,15);1H/t8-;/m1./s1. The molecule has 0 radical (unpaired) electrons. The van der Waals surface area contributed by atoms with Crippen LogP contribution in [0.1, 0.15) is 18.4 Å². The summed E-state index contributed by atoms with van der Waals surface area (Å²) in [6.45, 7) is 4.00. The lowest BCUT2D eigenvalue weighted by Gasteiger charge is -2.24. The van der Waals surface area contributed by atoms with Gasteiger partial charge in [0.2, 0.25) is 0 Å². The number of aryl methyl sites for hydroxylation is 1. The molecule has 0 aromatic carbocycles. The number of anilines is 1. The molecule has 2 rings (SSSR count). The van der Waals surface area contributed by atoms with Crippen LogP contribution < -0.4 is 10.6 Å². The Morgan fingerprint density at radius 1 is 1.56 bits per heavy atom. The van der Waals surface area contributed by atoms with Gasteiger partial charge in [-0.15, -0.1) is 17.5 Å². The van der Waals surface area contributed by atoms with Crippen molar-refractivity contribution in [2.75, 3.05) is 18.4 Å². The second kappa shape index (κ2) is 6.23. The average molecular weight is 263 g/mol. The van der Waals surface area contributed by atoms with Crippen LogP contribution in [0.15, 0.2) is 6.20 Å². The third-order valence-electron chi connectivity index (χ3n) is 2.60. The van der Waals surface area contributed by atoms with Gasteiger partial charge in [-0.3, -0.25) is 0 Å². The van der Waals surface area contributed by atoms with Crippen LogP contribution in [0.4, 0.5) is 5.82 Å². The van der Waals surface area contributed by atoms with E-state index in [2.05, 4.69) is 20.8 Å². The van der Waals surface area contributed by atoms with E-state index in [1.54, 1.807) is 6.20 Å². The number of hydrogen-bond donors (Lipinski definition) is 2. The second-order valence-corrected chi connectivity index (χ2v) is 4.26. The van der Waals surface area contributed by atoms with Gasteiger partial charge >= 0.3 is 0 Å². The maximum absolute atomic E-state index is 6.13. The topological polar surface area (TPSA) is 49.8 Å². The lowest BCUT2D eigenvalue weighted by Crippen LogP contribution is -2.38. The van der Waals surface area contributed by atoms with Crippen molar-refractivity contribution in [3.05, 3.63) is 16.8 Å². The van der Waals surface area contributed by atoms with Gasteiger partial charge in [0.25, 0.3) is 0 Å². The van der Waals surface area contributed by atoms with Gasteiger partial charge in [0, 0.05) is 12.6 Å². The molecule has 0 unspecified atom stereocenters. The molecule has 0 spiro atoms. The first-order chi connectivity index (χ1) is 7.27. The van der Waals surface area contributed by atoms with E-state index in [0.29, 0.717) is 16.9 Å². The maximum atomic E-state index is 6.13. The summed E-state index contributed by atoms with van der Waals surface area (Å²) in [5.74, 6) is 0.699. The predicted octanol–water partition coefficient (Wildman–Crippen LogP) is 2.02. The van der Waals surface area contributed by atoms with Crippen LogP contribution in [0, 0.1) is 6.92 Å². The molecule has 6 heteroatoms. The summed E-state index contributed by atoms with van der Waals surface area (Å²) in [6.07, 6.45) is 4.01. The van der Waals surface area contributed by atoms with Crippen molar-refractivity contribution < 1.29 is 0 Å². The van der Waals surface area contributed by atoms with Crippen molar-refractivity contribution in [2.45, 2.75) is 25.8 Å². The molecule has 1 aromatic heterocycles. The molecule has 0 aliphatic carbocycles. The van der Waals surface area contributed by atoms with E-state index in [1.165, 1.54) is 6.42 Å². The minimum absolute atomic E-state index is 0. The molecule has 16 heavy (non-hydrogen) atoms. The number of nitrogens with zero attached hydrogens (tertiary/aromatic N) is 2. The highest BCUT2D eigenvalue weighted by Gasteiger charge is 2.15. The fraction of sp³-hybridized carbons (Fsp3) is 0.600. The van der Waals surface area contributed by atoms with Crippen molar-refractivity contribution in [2.24, 2.45) is 0 Å². The molecule has 1 aliphatic rings. The third-order valence-corrected chi connectivity index (χ3v) is 3.08. The number of rotatable bonds is 2. The zero-order chi connectivity index (χ0) is 10.7. The molecular weight excluding hydrogens is 247 g/mol. The smallest absolute Gasteiger partial charge is 0.168 e. The zero-order valence-electron chi connectivity index (χ0n) is 9.16. The van der Waals surface area contributed by atoms with E-state index in [-0.39, 0.29) is 12.4 Å². The fourth-order valence-corrected chi connectivity index (χ4v) is 1.86. The van der Waals surface area contributed by atoms with Gasteiger partial charge in [0.1, 0.15) is 0 Å². The molecular formula is C10H16Cl2N4. The van der Waals surface area contributed by atoms with E-state index in [1.807, 2.05) is 6.92 Å². The fourth-order valence-electron chi connectivity index (χ4n) is 1.72. The predicted molar refractivity (Wildman–Crippen MR) is 68.5 cm³/mol. The van der Waals surface area contributed by atoms with Crippen LogP contribution in [-0.4, -0.2) is 29.3 Å². The van der Waals surface area contributed by atoms with E-state index in [0.717, 1.165) is 25.1 Å². The van der Waals surface area contributed by atoms with Crippen LogP contribution in [0.2, 0.25) is 5.02 Å². The molecule has 90 valence electrons. The number of nitrogens with one attached hydrogen (secondary N) is 2. The first kappa shape index (κ1) is 13.5. The molecule has 1 aromatic rings. The number of piperidine rings is 1. The normalized spacial score (nSPS) is 20.0. The van der Waals surface area contributed by atoms with Gasteiger partial charge in [-0.25, -0.2) is 0 Å². The Balaban J connectivity index is 0.00000128. The molecule has 2 N–H and O–H groups in total. The van der Waals surface area contributed by atoms with Gasteiger partial charge in [-0.05, 0) is 31.9 Å². The van der Waals surface area contributed by atoms with Crippen LogP contribution in [0.3, 0.4) is 0 Å². The Morgan fingerprint density at radius 3 is 3.06 bits per heavy atom. The highest BCUT2D eigenvalue weighted by molar-refractivity contribution is 6.33. The SMILES string of the molecule is Cc1cnnc(N[C@@H]2CCCNC2)c1Cl.Cl. The first-order valence-corrected chi connectivity index (χ1v) is 5.60. The molecule has 0 amide bonds. The molecule has 1 aliphatic heterocycles. The molecule has 0 saturated carbocycles. The zero-order valence-corrected chi connectivity index (χ0v) is 10.7. The summed E-state index contributed by atoms with van der Waals surface area (Å²) in [6, 6.07) is 0.410. The minimum atomic E-state index is 0. The molecule has 1 atom stereocenters. The quantitative estimate of drug-likeness (QED) is 0.857. The van der Waals surface area contributed by atoms with Gasteiger partial charge < -0.3 is 10.6 Å². The molecule has 2 heterocycles. The van der Waals surface area contributed by atoms with Gasteiger partial charge in [0.05, 0.1) is 11.2 Å². The van der Waals surface area contributed by atoms with Crippen LogP contribution >= 0.6 is 24.0 Å². The number of aromatic nitrogens is 2. The maximum Gasteiger partial charge on any atom is 0.168 e. The molecule has 1 saturated heterocycles. The Bertz CT molecular complexity index is 340. The van der Waals surface area contributed by atoms with E-state index < -0.39 is 0 Å².